The molecule has 2 aromatic rings. The molecule has 1 aliphatic heterocycles. The molecule has 1 heterocycles. The molecule has 6 nitrogen and oxygen atoms in total. The smallest absolute Gasteiger partial charge is 0.387 e. The molecule has 0 aromatic heterocycles. The summed E-state index contributed by atoms with van der Waals surface area (Å²) in [4.78, 5) is 12.7. The topological polar surface area (TPSA) is 75.7 Å². The highest BCUT2D eigenvalue weighted by Gasteiger charge is 2.31. The first-order valence-corrected chi connectivity index (χ1v) is 10.7. The van der Waals surface area contributed by atoms with Crippen LogP contribution in [0.15, 0.2) is 59.5 Å². The minimum absolute atomic E-state index is 0.0575. The number of amides is 1. The molecule has 0 bridgehead atoms. The summed E-state index contributed by atoms with van der Waals surface area (Å²) in [6.07, 6.45) is 0.887. The number of nitrogens with zero attached hydrogens (tertiary/aromatic N) is 1. The number of carbonyl (C=O) groups excluding carboxylic acids is 1. The van der Waals surface area contributed by atoms with Crippen molar-refractivity contribution in [3.8, 4) is 5.75 Å². The first-order valence-electron chi connectivity index (χ1n) is 9.23. The number of alkyl halides is 2. The van der Waals surface area contributed by atoms with E-state index in [1.54, 1.807) is 42.5 Å². The molecule has 1 amide bonds. The number of piperidine rings is 1. The lowest BCUT2D eigenvalue weighted by Crippen LogP contribution is -2.42. The van der Waals surface area contributed by atoms with Crippen molar-refractivity contribution in [2.75, 3.05) is 13.1 Å². The Morgan fingerprint density at radius 1 is 1.07 bits per heavy atom. The molecule has 156 valence electrons. The molecule has 0 radical (unpaired) electrons. The fourth-order valence-corrected chi connectivity index (χ4v) is 4.71. The fraction of sp³-hybridized carbons (Fsp3) is 0.350. The van der Waals surface area contributed by atoms with Crippen LogP contribution in [-0.2, 0) is 21.4 Å². The summed E-state index contributed by atoms with van der Waals surface area (Å²) in [5, 5.41) is 2.82. The summed E-state index contributed by atoms with van der Waals surface area (Å²) in [6.45, 7) is -2.04. The van der Waals surface area contributed by atoms with E-state index >= 15 is 0 Å². The summed E-state index contributed by atoms with van der Waals surface area (Å²) < 4.78 is 55.3. The van der Waals surface area contributed by atoms with Crippen molar-refractivity contribution in [3.63, 3.8) is 0 Å². The van der Waals surface area contributed by atoms with Gasteiger partial charge in [-0.2, -0.15) is 13.1 Å². The lowest BCUT2D eigenvalue weighted by atomic mass is 9.97. The Labute approximate surface area is 168 Å². The van der Waals surface area contributed by atoms with E-state index in [-0.39, 0.29) is 42.1 Å². The van der Waals surface area contributed by atoms with Gasteiger partial charge < -0.3 is 10.1 Å². The Kier molecular flexibility index (Phi) is 6.81. The van der Waals surface area contributed by atoms with Crippen molar-refractivity contribution in [3.05, 3.63) is 60.2 Å². The number of rotatable bonds is 7. The van der Waals surface area contributed by atoms with Crippen molar-refractivity contribution in [2.45, 2.75) is 30.9 Å². The van der Waals surface area contributed by atoms with E-state index in [1.807, 2.05) is 0 Å². The van der Waals surface area contributed by atoms with E-state index in [4.69, 9.17) is 0 Å². The first-order chi connectivity index (χ1) is 13.9. The Balaban J connectivity index is 1.49. The molecule has 1 N–H and O–H groups in total. The zero-order valence-electron chi connectivity index (χ0n) is 15.6. The number of benzene rings is 2. The van der Waals surface area contributed by atoms with Crippen LogP contribution in [0.5, 0.6) is 5.75 Å². The third-order valence-corrected chi connectivity index (χ3v) is 6.73. The molecule has 0 unspecified atom stereocenters. The molecule has 3 rings (SSSR count). The maximum absolute atomic E-state index is 12.6. The number of hydrogen-bond acceptors (Lipinski definition) is 4. The standard InChI is InChI=1S/C20H22F2N2O4S/c21-20(22)28-17-8-6-15(7-9-17)14-23-19(25)16-10-12-24(13-11-16)29(26,27)18-4-2-1-3-5-18/h1-9,16,20H,10-14H2,(H,23,25). The maximum Gasteiger partial charge on any atom is 0.387 e. The third kappa shape index (κ3) is 5.51. The summed E-state index contributed by atoms with van der Waals surface area (Å²) >= 11 is 0. The molecule has 0 atom stereocenters. The van der Waals surface area contributed by atoms with Crippen LogP contribution in [0.25, 0.3) is 0 Å². The predicted octanol–water partition coefficient (Wildman–Crippen LogP) is 3.01. The van der Waals surface area contributed by atoms with Crippen molar-refractivity contribution in [1.82, 2.24) is 9.62 Å². The van der Waals surface area contributed by atoms with Crippen LogP contribution in [0.1, 0.15) is 18.4 Å². The zero-order valence-corrected chi connectivity index (χ0v) is 16.4. The summed E-state index contributed by atoms with van der Waals surface area (Å²) in [6, 6.07) is 14.3. The molecule has 1 aliphatic rings. The molecule has 29 heavy (non-hydrogen) atoms. The highest BCUT2D eigenvalue weighted by Crippen LogP contribution is 2.24. The normalized spacial score (nSPS) is 16.0. The maximum atomic E-state index is 12.6. The van der Waals surface area contributed by atoms with Gasteiger partial charge in [0.1, 0.15) is 5.75 Å². The van der Waals surface area contributed by atoms with E-state index in [0.29, 0.717) is 12.8 Å². The van der Waals surface area contributed by atoms with Crippen LogP contribution in [0.4, 0.5) is 8.78 Å². The molecule has 0 spiro atoms. The van der Waals surface area contributed by atoms with Crippen LogP contribution in [0.3, 0.4) is 0 Å². The van der Waals surface area contributed by atoms with Gasteiger partial charge in [0, 0.05) is 25.6 Å². The van der Waals surface area contributed by atoms with Crippen LogP contribution < -0.4 is 10.1 Å². The predicted molar refractivity (Wildman–Crippen MR) is 103 cm³/mol. The average molecular weight is 424 g/mol. The van der Waals surface area contributed by atoms with Gasteiger partial charge in [-0.15, -0.1) is 0 Å². The molecule has 1 saturated heterocycles. The highest BCUT2D eigenvalue weighted by molar-refractivity contribution is 7.89. The van der Waals surface area contributed by atoms with E-state index in [0.717, 1.165) is 5.56 Å². The second-order valence-electron chi connectivity index (χ2n) is 6.73. The van der Waals surface area contributed by atoms with E-state index in [9.17, 15) is 22.0 Å². The van der Waals surface area contributed by atoms with Gasteiger partial charge in [-0.05, 0) is 42.7 Å². The number of hydrogen-bond donors (Lipinski definition) is 1. The quantitative estimate of drug-likeness (QED) is 0.742. The van der Waals surface area contributed by atoms with E-state index < -0.39 is 16.6 Å². The molecule has 2 aromatic carbocycles. The van der Waals surface area contributed by atoms with Gasteiger partial charge in [-0.3, -0.25) is 4.79 Å². The van der Waals surface area contributed by atoms with Crippen molar-refractivity contribution in [1.29, 1.82) is 0 Å². The monoisotopic (exact) mass is 424 g/mol. The summed E-state index contributed by atoms with van der Waals surface area (Å²) in [5.41, 5.74) is 0.754. The highest BCUT2D eigenvalue weighted by atomic mass is 32.2. The van der Waals surface area contributed by atoms with Gasteiger partial charge in [0.05, 0.1) is 4.90 Å². The summed E-state index contributed by atoms with van der Waals surface area (Å²) in [5.74, 6) is -0.351. The number of nitrogens with one attached hydrogen (secondary N) is 1. The average Bonchev–Trinajstić information content (AvgIpc) is 2.73. The van der Waals surface area contributed by atoms with E-state index in [2.05, 4.69) is 10.1 Å². The lowest BCUT2D eigenvalue weighted by molar-refractivity contribution is -0.126. The SMILES string of the molecule is O=C(NCc1ccc(OC(F)F)cc1)C1CCN(S(=O)(=O)c2ccccc2)CC1. The second-order valence-corrected chi connectivity index (χ2v) is 8.67. The van der Waals surface area contributed by atoms with Crippen LogP contribution in [0.2, 0.25) is 0 Å². The minimum atomic E-state index is -3.54. The third-order valence-electron chi connectivity index (χ3n) is 4.82. The van der Waals surface area contributed by atoms with Crippen LogP contribution in [0, 0.1) is 5.92 Å². The number of ether oxygens (including phenoxy) is 1. The van der Waals surface area contributed by atoms with Gasteiger partial charge >= 0.3 is 6.61 Å². The Morgan fingerprint density at radius 2 is 1.69 bits per heavy atom. The van der Waals surface area contributed by atoms with Crippen molar-refractivity contribution in [2.24, 2.45) is 5.92 Å². The molecule has 9 heteroatoms. The van der Waals surface area contributed by atoms with Gasteiger partial charge in [0.25, 0.3) is 0 Å². The van der Waals surface area contributed by atoms with Gasteiger partial charge in [-0.25, -0.2) is 8.42 Å². The summed E-state index contributed by atoms with van der Waals surface area (Å²) in [7, 11) is -3.54. The van der Waals surface area contributed by atoms with Crippen LogP contribution in [-0.4, -0.2) is 38.3 Å². The lowest BCUT2D eigenvalue weighted by Gasteiger charge is -2.30. The zero-order chi connectivity index (χ0) is 20.9. The first kappa shape index (κ1) is 21.2. The number of halogens is 2. The van der Waals surface area contributed by atoms with Crippen molar-refractivity contribution < 1.29 is 26.7 Å². The van der Waals surface area contributed by atoms with Gasteiger partial charge in [0.15, 0.2) is 0 Å². The molecule has 0 saturated carbocycles. The largest absolute Gasteiger partial charge is 0.435 e. The number of sulfonamides is 1. The fourth-order valence-electron chi connectivity index (χ4n) is 3.22. The molecular formula is C20H22F2N2O4S. The second kappa shape index (κ2) is 9.32. The Hall–Kier alpha value is -2.52. The van der Waals surface area contributed by atoms with Gasteiger partial charge in [-0.1, -0.05) is 30.3 Å². The van der Waals surface area contributed by atoms with Crippen LogP contribution >= 0.6 is 0 Å². The Bertz CT molecular complexity index is 913. The Morgan fingerprint density at radius 3 is 2.28 bits per heavy atom. The van der Waals surface area contributed by atoms with Gasteiger partial charge in [0.2, 0.25) is 15.9 Å². The molecular weight excluding hydrogens is 402 g/mol. The van der Waals surface area contributed by atoms with Crippen molar-refractivity contribution >= 4 is 15.9 Å². The van der Waals surface area contributed by atoms with E-state index in [1.165, 1.54) is 16.4 Å². The molecule has 0 aliphatic carbocycles. The number of carbonyl (C=O) groups is 1. The molecule has 1 fully saturated rings. The minimum Gasteiger partial charge on any atom is -0.435 e.